The summed E-state index contributed by atoms with van der Waals surface area (Å²) in [7, 11) is 0. The van der Waals surface area contributed by atoms with E-state index in [1.807, 2.05) is 43.3 Å². The molecule has 0 radical (unpaired) electrons. The molecule has 0 nitrogen and oxygen atoms in total. The van der Waals surface area contributed by atoms with Crippen LogP contribution in [0.4, 0.5) is 4.39 Å². The average Bonchev–Trinajstić information content (AvgIpc) is 2.75. The van der Waals surface area contributed by atoms with Gasteiger partial charge in [0.2, 0.25) is 0 Å². The Labute approximate surface area is 167 Å². The Morgan fingerprint density at radius 2 is 1.39 bits per heavy atom. The second-order valence-electron chi connectivity index (χ2n) is 8.03. The van der Waals surface area contributed by atoms with Crippen LogP contribution in [0.15, 0.2) is 79.4 Å². The van der Waals surface area contributed by atoms with Crippen LogP contribution in [0.2, 0.25) is 0 Å². The zero-order valence-corrected chi connectivity index (χ0v) is 16.5. The topological polar surface area (TPSA) is 0 Å². The number of hydrogen-bond donors (Lipinski definition) is 0. The molecule has 3 aromatic carbocycles. The summed E-state index contributed by atoms with van der Waals surface area (Å²) in [5, 5.41) is 0. The van der Waals surface area contributed by atoms with Gasteiger partial charge in [-0.15, -0.1) is 6.58 Å². The highest BCUT2D eigenvalue weighted by Crippen LogP contribution is 2.37. The Bertz CT molecular complexity index is 943. The molecule has 0 N–H and O–H groups in total. The second-order valence-corrected chi connectivity index (χ2v) is 8.03. The van der Waals surface area contributed by atoms with E-state index in [4.69, 9.17) is 0 Å². The van der Waals surface area contributed by atoms with Crippen LogP contribution in [0.5, 0.6) is 0 Å². The van der Waals surface area contributed by atoms with Gasteiger partial charge in [-0.3, -0.25) is 0 Å². The van der Waals surface area contributed by atoms with Crippen LogP contribution < -0.4 is 0 Å². The van der Waals surface area contributed by atoms with Gasteiger partial charge >= 0.3 is 0 Å². The van der Waals surface area contributed by atoms with Gasteiger partial charge in [-0.1, -0.05) is 72.3 Å². The minimum atomic E-state index is -0.173. The molecule has 0 aromatic heterocycles. The summed E-state index contributed by atoms with van der Waals surface area (Å²) >= 11 is 0. The Kier molecular flexibility index (Phi) is 5.43. The van der Waals surface area contributed by atoms with Gasteiger partial charge < -0.3 is 0 Å². The molecule has 1 fully saturated rings. The summed E-state index contributed by atoms with van der Waals surface area (Å²) in [5.41, 5.74) is 6.15. The molecule has 0 amide bonds. The first-order valence-corrected chi connectivity index (χ1v) is 10.2. The van der Waals surface area contributed by atoms with E-state index in [-0.39, 0.29) is 5.82 Å². The molecule has 0 spiro atoms. The maximum Gasteiger partial charge on any atom is 0.131 e. The third-order valence-corrected chi connectivity index (χ3v) is 6.15. The van der Waals surface area contributed by atoms with Crippen molar-refractivity contribution in [1.82, 2.24) is 0 Å². The van der Waals surface area contributed by atoms with Crippen molar-refractivity contribution in [2.45, 2.75) is 38.5 Å². The lowest BCUT2D eigenvalue weighted by molar-refractivity contribution is 0.376. The minimum Gasteiger partial charge on any atom is -0.206 e. The molecule has 0 bridgehead atoms. The number of aryl methyl sites for hydroxylation is 1. The molecular weight excluding hydrogens is 343 g/mol. The van der Waals surface area contributed by atoms with Crippen molar-refractivity contribution in [1.29, 1.82) is 0 Å². The fourth-order valence-electron chi connectivity index (χ4n) is 4.30. The summed E-state index contributed by atoms with van der Waals surface area (Å²) < 4.78 is 14.8. The fourth-order valence-corrected chi connectivity index (χ4v) is 4.30. The highest BCUT2D eigenvalue weighted by Gasteiger charge is 2.20. The van der Waals surface area contributed by atoms with Crippen LogP contribution in [0.3, 0.4) is 0 Å². The monoisotopic (exact) mass is 370 g/mol. The van der Waals surface area contributed by atoms with Crippen molar-refractivity contribution >= 4 is 0 Å². The number of halogens is 1. The van der Waals surface area contributed by atoms with Crippen LogP contribution in [0.1, 0.15) is 42.7 Å². The van der Waals surface area contributed by atoms with Gasteiger partial charge in [0.15, 0.2) is 0 Å². The molecule has 28 heavy (non-hydrogen) atoms. The lowest BCUT2D eigenvalue weighted by Gasteiger charge is -2.27. The number of rotatable bonds is 4. The first-order chi connectivity index (χ1) is 13.6. The van der Waals surface area contributed by atoms with Crippen molar-refractivity contribution in [2.75, 3.05) is 0 Å². The zero-order chi connectivity index (χ0) is 19.5. The number of hydrogen-bond acceptors (Lipinski definition) is 0. The minimum absolute atomic E-state index is 0.173. The van der Waals surface area contributed by atoms with Crippen LogP contribution in [-0.2, 0) is 0 Å². The van der Waals surface area contributed by atoms with Crippen molar-refractivity contribution in [3.8, 4) is 22.3 Å². The van der Waals surface area contributed by atoms with Gasteiger partial charge in [0.25, 0.3) is 0 Å². The summed E-state index contributed by atoms with van der Waals surface area (Å²) in [4.78, 5) is 0. The lowest BCUT2D eigenvalue weighted by Crippen LogP contribution is -2.11. The van der Waals surface area contributed by atoms with Gasteiger partial charge in [0.05, 0.1) is 0 Å². The summed E-state index contributed by atoms with van der Waals surface area (Å²) in [5.74, 6) is 1.16. The maximum absolute atomic E-state index is 14.8. The van der Waals surface area contributed by atoms with E-state index >= 15 is 0 Å². The average molecular weight is 371 g/mol. The van der Waals surface area contributed by atoms with Gasteiger partial charge in [-0.2, -0.15) is 0 Å². The molecule has 142 valence electrons. The van der Waals surface area contributed by atoms with Crippen LogP contribution in [0, 0.1) is 18.7 Å². The van der Waals surface area contributed by atoms with Gasteiger partial charge in [-0.05, 0) is 72.8 Å². The maximum atomic E-state index is 14.8. The molecule has 0 aliphatic heterocycles. The highest BCUT2D eigenvalue weighted by molar-refractivity contribution is 5.71. The molecule has 1 aliphatic rings. The molecule has 3 aromatic rings. The lowest BCUT2D eigenvalue weighted by atomic mass is 9.78. The van der Waals surface area contributed by atoms with E-state index in [1.165, 1.54) is 36.8 Å². The number of benzene rings is 3. The molecule has 0 unspecified atom stereocenters. The van der Waals surface area contributed by atoms with E-state index in [0.717, 1.165) is 16.7 Å². The molecule has 0 heterocycles. The summed E-state index contributed by atoms with van der Waals surface area (Å²) in [6, 6.07) is 22.3. The standard InChI is InChI=1S/C27H27F/c1-3-20-6-10-21(11-7-20)22-12-14-23(15-13-22)25-16-17-26(27(28)18-25)24-8-4-19(2)5-9-24/h3-5,8-9,12-18,20-21H,1,6-7,10-11H2,2H3. The molecule has 4 rings (SSSR count). The van der Waals surface area contributed by atoms with E-state index < -0.39 is 0 Å². The van der Waals surface area contributed by atoms with E-state index in [1.54, 1.807) is 6.07 Å². The van der Waals surface area contributed by atoms with Gasteiger partial charge in [0.1, 0.15) is 5.82 Å². The second kappa shape index (κ2) is 8.14. The normalized spacial score (nSPS) is 19.4. The van der Waals surface area contributed by atoms with Crippen LogP contribution in [0.25, 0.3) is 22.3 Å². The summed E-state index contributed by atoms with van der Waals surface area (Å²) in [6.07, 6.45) is 7.04. The molecule has 0 atom stereocenters. The van der Waals surface area contributed by atoms with Gasteiger partial charge in [0, 0.05) is 5.56 Å². The predicted molar refractivity (Wildman–Crippen MR) is 117 cm³/mol. The van der Waals surface area contributed by atoms with E-state index in [0.29, 0.717) is 17.4 Å². The van der Waals surface area contributed by atoms with E-state index in [2.05, 4.69) is 36.9 Å². The molecule has 0 saturated heterocycles. The smallest absolute Gasteiger partial charge is 0.131 e. The van der Waals surface area contributed by atoms with Crippen LogP contribution in [-0.4, -0.2) is 0 Å². The third-order valence-electron chi connectivity index (χ3n) is 6.15. The van der Waals surface area contributed by atoms with Crippen molar-refractivity contribution in [3.05, 3.63) is 96.3 Å². The molecule has 1 aliphatic carbocycles. The van der Waals surface area contributed by atoms with Crippen molar-refractivity contribution in [3.63, 3.8) is 0 Å². The van der Waals surface area contributed by atoms with Crippen LogP contribution >= 0.6 is 0 Å². The Hall–Kier alpha value is -2.67. The van der Waals surface area contributed by atoms with E-state index in [9.17, 15) is 4.39 Å². The SMILES string of the molecule is C=CC1CCC(c2ccc(-c3ccc(-c4ccc(C)cc4)c(F)c3)cc2)CC1. The highest BCUT2D eigenvalue weighted by atomic mass is 19.1. The van der Waals surface area contributed by atoms with Crippen molar-refractivity contribution in [2.24, 2.45) is 5.92 Å². The van der Waals surface area contributed by atoms with Crippen molar-refractivity contribution < 1.29 is 4.39 Å². The Balaban J connectivity index is 1.52. The largest absolute Gasteiger partial charge is 0.206 e. The summed E-state index contributed by atoms with van der Waals surface area (Å²) in [6.45, 7) is 5.97. The predicted octanol–water partition coefficient (Wildman–Crippen LogP) is 7.93. The molecule has 1 saturated carbocycles. The Morgan fingerprint density at radius 3 is 2.00 bits per heavy atom. The Morgan fingerprint density at radius 1 is 0.786 bits per heavy atom. The number of allylic oxidation sites excluding steroid dienone is 1. The molecule has 1 heteroatoms. The fraction of sp³-hybridized carbons (Fsp3) is 0.259. The first kappa shape index (κ1) is 18.7. The molecular formula is C27H27F. The quantitative estimate of drug-likeness (QED) is 0.409. The first-order valence-electron chi connectivity index (χ1n) is 10.2. The zero-order valence-electron chi connectivity index (χ0n) is 16.5. The van der Waals surface area contributed by atoms with Gasteiger partial charge in [-0.25, -0.2) is 4.39 Å². The third kappa shape index (κ3) is 3.94.